The summed E-state index contributed by atoms with van der Waals surface area (Å²) in [4.78, 5) is 0. The van der Waals surface area contributed by atoms with Crippen LogP contribution in [0.4, 0.5) is 0 Å². The molecule has 2 aliphatic heterocycles. The van der Waals surface area contributed by atoms with E-state index in [0.29, 0.717) is 23.0 Å². The molecule has 0 aromatic heterocycles. The Labute approximate surface area is 112 Å². The molecule has 0 atom stereocenters. The first kappa shape index (κ1) is 12.5. The summed E-state index contributed by atoms with van der Waals surface area (Å²) in [7, 11) is 0. The Balaban J connectivity index is 0.00000108. The monoisotopic (exact) mass is 228 g/mol. The number of fused-ring (bicyclic) bond motifs is 2. The number of hydrogen-bond donors (Lipinski definition) is 0. The van der Waals surface area contributed by atoms with Gasteiger partial charge in [0.25, 0.3) is 0 Å². The van der Waals surface area contributed by atoms with Gasteiger partial charge in [-0.05, 0) is 0 Å². The molecular formula is C12H13LiO4. The van der Waals surface area contributed by atoms with Crippen molar-refractivity contribution in [2.75, 3.05) is 0 Å². The Morgan fingerprint density at radius 1 is 0.824 bits per heavy atom. The Hall–Kier alpha value is -0.983. The molecule has 2 aliphatic rings. The zero-order valence-corrected chi connectivity index (χ0v) is 10.7. The van der Waals surface area contributed by atoms with Crippen molar-refractivity contribution in [2.45, 2.75) is 39.3 Å². The maximum Gasteiger partial charge on any atom is 1.00 e. The summed E-state index contributed by atoms with van der Waals surface area (Å²) in [6.07, 6.45) is 0. The fourth-order valence-corrected chi connectivity index (χ4v) is 1.84. The summed E-state index contributed by atoms with van der Waals surface area (Å²) in [5.74, 6) is 1.14. The van der Waals surface area contributed by atoms with Gasteiger partial charge in [-0.25, -0.2) is 0 Å². The van der Waals surface area contributed by atoms with Crippen molar-refractivity contribution in [3.63, 3.8) is 0 Å². The number of ether oxygens (including phenoxy) is 4. The third-order valence-corrected chi connectivity index (χ3v) is 2.34. The molecule has 0 amide bonds. The van der Waals surface area contributed by atoms with Crippen LogP contribution in [0.5, 0.6) is 23.0 Å². The molecule has 86 valence electrons. The second kappa shape index (κ2) is 3.50. The molecule has 1 aromatic carbocycles. The van der Waals surface area contributed by atoms with Crippen LogP contribution < -0.4 is 37.8 Å². The Morgan fingerprint density at radius 3 is 1.65 bits per heavy atom. The molecule has 0 aliphatic carbocycles. The Morgan fingerprint density at radius 2 is 1.24 bits per heavy atom. The van der Waals surface area contributed by atoms with Crippen LogP contribution in [-0.2, 0) is 0 Å². The molecule has 2 heterocycles. The summed E-state index contributed by atoms with van der Waals surface area (Å²) in [5, 5.41) is 0. The summed E-state index contributed by atoms with van der Waals surface area (Å²) in [5.41, 5.74) is 0. The van der Waals surface area contributed by atoms with Crippen LogP contribution in [0, 0.1) is 6.07 Å². The third-order valence-electron chi connectivity index (χ3n) is 2.34. The fraction of sp³-hybridized carbons (Fsp3) is 0.500. The van der Waals surface area contributed by atoms with Gasteiger partial charge in [-0.2, -0.15) is 0 Å². The van der Waals surface area contributed by atoms with E-state index in [4.69, 9.17) is 18.9 Å². The van der Waals surface area contributed by atoms with E-state index in [2.05, 4.69) is 6.07 Å². The molecule has 3 rings (SSSR count). The van der Waals surface area contributed by atoms with Gasteiger partial charge in [0.2, 0.25) is 11.6 Å². The van der Waals surface area contributed by atoms with E-state index < -0.39 is 11.6 Å². The van der Waals surface area contributed by atoms with E-state index in [1.165, 1.54) is 0 Å². The van der Waals surface area contributed by atoms with Crippen molar-refractivity contribution < 1.29 is 37.8 Å². The van der Waals surface area contributed by atoms with Crippen molar-refractivity contribution in [3.8, 4) is 23.0 Å². The first-order valence-corrected chi connectivity index (χ1v) is 5.21. The Bertz CT molecular complexity index is 390. The maximum atomic E-state index is 5.60. The summed E-state index contributed by atoms with van der Waals surface area (Å²) in [6.45, 7) is 7.38. The van der Waals surface area contributed by atoms with Crippen LogP contribution in [0.3, 0.4) is 0 Å². The van der Waals surface area contributed by atoms with Crippen LogP contribution in [0.15, 0.2) is 6.07 Å². The summed E-state index contributed by atoms with van der Waals surface area (Å²) < 4.78 is 22.3. The van der Waals surface area contributed by atoms with Gasteiger partial charge in [-0.3, -0.25) is 0 Å². The topological polar surface area (TPSA) is 36.9 Å². The summed E-state index contributed by atoms with van der Waals surface area (Å²) >= 11 is 0. The van der Waals surface area contributed by atoms with Gasteiger partial charge < -0.3 is 18.9 Å². The number of hydrogen-bond acceptors (Lipinski definition) is 4. The van der Waals surface area contributed by atoms with Crippen molar-refractivity contribution in [2.24, 2.45) is 0 Å². The van der Waals surface area contributed by atoms with E-state index in [1.807, 2.05) is 27.7 Å². The zero-order chi connectivity index (χ0) is 11.6. The second-order valence-corrected chi connectivity index (χ2v) is 4.86. The van der Waals surface area contributed by atoms with Gasteiger partial charge in [0, 0.05) is 27.7 Å². The van der Waals surface area contributed by atoms with Gasteiger partial charge >= 0.3 is 18.9 Å². The molecule has 0 bridgehead atoms. The first-order chi connectivity index (χ1) is 7.35. The fourth-order valence-electron chi connectivity index (χ4n) is 1.84. The predicted molar refractivity (Wildman–Crippen MR) is 55.9 cm³/mol. The SMILES string of the molecule is CC1(C)Oc2[c-]c3c(cc2O1)OC(C)(C)O3.[Li+]. The quantitative estimate of drug-likeness (QED) is 0.443. The normalized spacial score (nSPS) is 20.9. The Kier molecular flexibility index (Phi) is 2.57. The van der Waals surface area contributed by atoms with Crippen molar-refractivity contribution in [1.29, 1.82) is 0 Å². The molecule has 0 saturated carbocycles. The van der Waals surface area contributed by atoms with E-state index in [0.717, 1.165) is 0 Å². The predicted octanol–water partition coefficient (Wildman–Crippen LogP) is -0.495. The zero-order valence-electron chi connectivity index (χ0n) is 10.7. The number of benzene rings is 1. The van der Waals surface area contributed by atoms with E-state index >= 15 is 0 Å². The van der Waals surface area contributed by atoms with Gasteiger partial charge in [0.15, 0.2) is 0 Å². The molecule has 17 heavy (non-hydrogen) atoms. The van der Waals surface area contributed by atoms with Crippen molar-refractivity contribution >= 4 is 0 Å². The minimum Gasteiger partial charge on any atom is -0.512 e. The molecule has 0 radical (unpaired) electrons. The number of rotatable bonds is 0. The molecule has 5 heteroatoms. The van der Waals surface area contributed by atoms with Crippen molar-refractivity contribution in [3.05, 3.63) is 12.1 Å². The summed E-state index contributed by atoms with van der Waals surface area (Å²) in [6, 6.07) is 4.80. The molecule has 0 N–H and O–H groups in total. The van der Waals surface area contributed by atoms with E-state index in [-0.39, 0.29) is 18.9 Å². The average Bonchev–Trinajstić information content (AvgIpc) is 2.51. The largest absolute Gasteiger partial charge is 1.00 e. The molecule has 0 spiro atoms. The second-order valence-electron chi connectivity index (χ2n) is 4.86. The van der Waals surface area contributed by atoms with Crippen molar-refractivity contribution in [1.82, 2.24) is 0 Å². The molecular weight excluding hydrogens is 215 g/mol. The average molecular weight is 228 g/mol. The molecule has 0 saturated heterocycles. The van der Waals surface area contributed by atoms with Crippen LogP contribution in [0.1, 0.15) is 27.7 Å². The van der Waals surface area contributed by atoms with Gasteiger partial charge in [0.05, 0.1) is 23.0 Å². The van der Waals surface area contributed by atoms with E-state index in [1.54, 1.807) is 6.07 Å². The molecule has 0 unspecified atom stereocenters. The minimum atomic E-state index is -0.649. The smallest absolute Gasteiger partial charge is 0.512 e. The maximum absolute atomic E-state index is 5.60. The third kappa shape index (κ3) is 2.08. The molecule has 0 fully saturated rings. The van der Waals surface area contributed by atoms with Crippen LogP contribution in [0.25, 0.3) is 0 Å². The van der Waals surface area contributed by atoms with E-state index in [9.17, 15) is 0 Å². The molecule has 4 nitrogen and oxygen atoms in total. The standard InChI is InChI=1S/C12H13O4.Li/c1-11(2)13-7-5-9-10(6-8(7)14-11)16-12(3,4)15-9;/h5H,1-4H3;/q-1;+1. The van der Waals surface area contributed by atoms with Gasteiger partial charge in [-0.15, -0.1) is 0 Å². The minimum absolute atomic E-state index is 0. The molecule has 1 aromatic rings. The van der Waals surface area contributed by atoms with Crippen LogP contribution in [0.2, 0.25) is 0 Å². The first-order valence-electron chi connectivity index (χ1n) is 5.21. The van der Waals surface area contributed by atoms with Crippen LogP contribution >= 0.6 is 0 Å². The van der Waals surface area contributed by atoms with Gasteiger partial charge in [0.1, 0.15) is 0 Å². The van der Waals surface area contributed by atoms with Gasteiger partial charge in [-0.1, -0.05) is 12.1 Å². The van der Waals surface area contributed by atoms with Crippen LogP contribution in [-0.4, -0.2) is 11.6 Å².